The molecule has 3 aromatic rings. The Hall–Kier alpha value is -3.28. The van der Waals surface area contributed by atoms with E-state index in [0.717, 1.165) is 37.1 Å². The second kappa shape index (κ2) is 8.61. The lowest BCUT2D eigenvalue weighted by Crippen LogP contribution is -2.44. The fourth-order valence-corrected chi connectivity index (χ4v) is 3.86. The number of ether oxygens (including phenoxy) is 2. The van der Waals surface area contributed by atoms with E-state index < -0.39 is 0 Å². The molecular formula is C24H25NO5. The third-order valence-electron chi connectivity index (χ3n) is 5.63. The number of piperidine rings is 1. The summed E-state index contributed by atoms with van der Waals surface area (Å²) in [5.41, 5.74) is 1.54. The van der Waals surface area contributed by atoms with Crippen LogP contribution in [0.25, 0.3) is 22.1 Å². The van der Waals surface area contributed by atoms with Gasteiger partial charge in [-0.25, -0.2) is 0 Å². The van der Waals surface area contributed by atoms with Crippen LogP contribution >= 0.6 is 0 Å². The number of nitrogens with zero attached hydrogens (tertiary/aromatic N) is 1. The number of carbonyl (C=O) groups is 1. The third-order valence-corrected chi connectivity index (χ3v) is 5.63. The number of hydrogen-bond acceptors (Lipinski definition) is 5. The summed E-state index contributed by atoms with van der Waals surface area (Å²) in [7, 11) is 1.60. The molecule has 0 radical (unpaired) electrons. The molecule has 1 saturated heterocycles. The molecule has 2 heterocycles. The Bertz CT molecular complexity index is 1100. The van der Waals surface area contributed by atoms with Crippen molar-refractivity contribution in [3.8, 4) is 22.6 Å². The molecule has 0 N–H and O–H groups in total. The Balaban J connectivity index is 1.52. The minimum atomic E-state index is -0.119. The van der Waals surface area contributed by atoms with Crippen molar-refractivity contribution >= 4 is 16.9 Å². The largest absolute Gasteiger partial charge is 0.497 e. The minimum absolute atomic E-state index is 0.0152. The van der Waals surface area contributed by atoms with Crippen LogP contribution in [0.1, 0.15) is 26.2 Å². The van der Waals surface area contributed by atoms with Gasteiger partial charge >= 0.3 is 0 Å². The van der Waals surface area contributed by atoms with Crippen molar-refractivity contribution in [1.82, 2.24) is 4.90 Å². The molecule has 30 heavy (non-hydrogen) atoms. The Morgan fingerprint density at radius 3 is 2.63 bits per heavy atom. The summed E-state index contributed by atoms with van der Waals surface area (Å²) < 4.78 is 16.6. The first kappa shape index (κ1) is 20.0. The Labute approximate surface area is 175 Å². The normalized spacial score (nSPS) is 16.5. The van der Waals surface area contributed by atoms with Crippen LogP contribution in [0.2, 0.25) is 0 Å². The van der Waals surface area contributed by atoms with E-state index in [1.165, 1.54) is 6.26 Å². The number of hydrogen-bond donors (Lipinski definition) is 0. The highest BCUT2D eigenvalue weighted by molar-refractivity contribution is 5.83. The Kier molecular flexibility index (Phi) is 5.74. The van der Waals surface area contributed by atoms with E-state index in [-0.39, 0.29) is 24.0 Å². The summed E-state index contributed by atoms with van der Waals surface area (Å²) in [6.45, 7) is 2.83. The van der Waals surface area contributed by atoms with E-state index in [1.54, 1.807) is 37.4 Å². The maximum Gasteiger partial charge on any atom is 0.260 e. The van der Waals surface area contributed by atoms with E-state index in [2.05, 4.69) is 6.92 Å². The smallest absolute Gasteiger partial charge is 0.260 e. The highest BCUT2D eigenvalue weighted by atomic mass is 16.5. The molecule has 0 aliphatic carbocycles. The molecule has 1 aliphatic heterocycles. The SMILES string of the molecule is COc1ccc(-c2coc3cc(OCC(=O)N4CCCC[C@@H]4C)ccc3c2=O)cc1. The molecule has 1 aromatic heterocycles. The van der Waals surface area contributed by atoms with E-state index in [1.807, 2.05) is 17.0 Å². The number of amides is 1. The molecule has 0 saturated carbocycles. The molecule has 1 amide bonds. The Morgan fingerprint density at radius 2 is 1.90 bits per heavy atom. The topological polar surface area (TPSA) is 69.0 Å². The van der Waals surface area contributed by atoms with Crippen LogP contribution in [0.4, 0.5) is 0 Å². The standard InChI is InChI=1S/C24H25NO5/c1-16-5-3-4-12-25(16)23(26)15-29-19-10-11-20-22(13-19)30-14-21(24(20)27)17-6-8-18(28-2)9-7-17/h6-11,13-14,16H,3-5,12,15H2,1-2H3/t16-/m0/s1. The van der Waals surface area contributed by atoms with E-state index in [9.17, 15) is 9.59 Å². The lowest BCUT2D eigenvalue weighted by atomic mass is 10.0. The van der Waals surface area contributed by atoms with Crippen molar-refractivity contribution < 1.29 is 18.7 Å². The zero-order chi connectivity index (χ0) is 21.1. The molecule has 0 spiro atoms. The first-order chi connectivity index (χ1) is 14.6. The summed E-state index contributed by atoms with van der Waals surface area (Å²) >= 11 is 0. The van der Waals surface area contributed by atoms with Crippen LogP contribution in [0.3, 0.4) is 0 Å². The van der Waals surface area contributed by atoms with Crippen molar-refractivity contribution in [3.05, 3.63) is 59.0 Å². The molecule has 1 aliphatic rings. The van der Waals surface area contributed by atoms with Gasteiger partial charge in [-0.3, -0.25) is 9.59 Å². The molecule has 4 rings (SSSR count). The number of carbonyl (C=O) groups excluding carboxylic acids is 1. The average Bonchev–Trinajstić information content (AvgIpc) is 2.78. The van der Waals surface area contributed by atoms with Gasteiger partial charge in [0.2, 0.25) is 0 Å². The highest BCUT2D eigenvalue weighted by Gasteiger charge is 2.23. The summed E-state index contributed by atoms with van der Waals surface area (Å²) in [6.07, 6.45) is 4.68. The molecule has 0 unspecified atom stereocenters. The molecule has 1 fully saturated rings. The van der Waals surface area contributed by atoms with E-state index >= 15 is 0 Å². The Morgan fingerprint density at radius 1 is 1.13 bits per heavy atom. The van der Waals surface area contributed by atoms with Crippen LogP contribution < -0.4 is 14.9 Å². The molecule has 6 heteroatoms. The van der Waals surface area contributed by atoms with Gasteiger partial charge < -0.3 is 18.8 Å². The minimum Gasteiger partial charge on any atom is -0.497 e. The molecule has 0 bridgehead atoms. The van der Waals surface area contributed by atoms with Gasteiger partial charge in [0.05, 0.1) is 18.1 Å². The van der Waals surface area contributed by atoms with Crippen LogP contribution in [0.5, 0.6) is 11.5 Å². The van der Waals surface area contributed by atoms with Crippen LogP contribution in [-0.4, -0.2) is 37.1 Å². The molecular weight excluding hydrogens is 382 g/mol. The number of likely N-dealkylation sites (tertiary alicyclic amines) is 1. The van der Waals surface area contributed by atoms with Gasteiger partial charge in [0.15, 0.2) is 12.0 Å². The summed E-state index contributed by atoms with van der Waals surface area (Å²) in [4.78, 5) is 27.3. The summed E-state index contributed by atoms with van der Waals surface area (Å²) in [6, 6.07) is 12.5. The second-order valence-electron chi connectivity index (χ2n) is 7.59. The number of rotatable bonds is 5. The molecule has 156 valence electrons. The van der Waals surface area contributed by atoms with Crippen molar-refractivity contribution in [2.45, 2.75) is 32.2 Å². The molecule has 2 aromatic carbocycles. The fourth-order valence-electron chi connectivity index (χ4n) is 3.86. The molecule has 6 nitrogen and oxygen atoms in total. The van der Waals surface area contributed by atoms with Gasteiger partial charge in [0, 0.05) is 18.7 Å². The van der Waals surface area contributed by atoms with Crippen LogP contribution in [0, 0.1) is 0 Å². The zero-order valence-corrected chi connectivity index (χ0v) is 17.2. The van der Waals surface area contributed by atoms with Gasteiger partial charge in [0.25, 0.3) is 5.91 Å². The number of fused-ring (bicyclic) bond motifs is 1. The van der Waals surface area contributed by atoms with Crippen molar-refractivity contribution in [3.63, 3.8) is 0 Å². The lowest BCUT2D eigenvalue weighted by molar-refractivity contribution is -0.136. The first-order valence-corrected chi connectivity index (χ1v) is 10.2. The van der Waals surface area contributed by atoms with Gasteiger partial charge in [-0.05, 0) is 56.0 Å². The highest BCUT2D eigenvalue weighted by Crippen LogP contribution is 2.25. The van der Waals surface area contributed by atoms with Crippen molar-refractivity contribution in [2.75, 3.05) is 20.3 Å². The van der Waals surface area contributed by atoms with Crippen LogP contribution in [0.15, 0.2) is 57.9 Å². The van der Waals surface area contributed by atoms with Crippen molar-refractivity contribution in [2.24, 2.45) is 0 Å². The molecule has 1 atom stereocenters. The predicted octanol–water partition coefficient (Wildman–Crippen LogP) is 4.25. The van der Waals surface area contributed by atoms with Gasteiger partial charge in [0.1, 0.15) is 23.3 Å². The third kappa shape index (κ3) is 4.03. The summed E-state index contributed by atoms with van der Waals surface area (Å²) in [5, 5.41) is 0.464. The maximum atomic E-state index is 12.9. The quantitative estimate of drug-likeness (QED) is 0.633. The van der Waals surface area contributed by atoms with Gasteiger partial charge in [-0.2, -0.15) is 0 Å². The lowest BCUT2D eigenvalue weighted by Gasteiger charge is -2.33. The summed E-state index contributed by atoms with van der Waals surface area (Å²) in [5.74, 6) is 1.21. The van der Waals surface area contributed by atoms with Crippen molar-refractivity contribution in [1.29, 1.82) is 0 Å². The predicted molar refractivity (Wildman–Crippen MR) is 115 cm³/mol. The fraction of sp³-hybridized carbons (Fsp3) is 0.333. The maximum absolute atomic E-state index is 12.9. The zero-order valence-electron chi connectivity index (χ0n) is 17.2. The van der Waals surface area contributed by atoms with Gasteiger partial charge in [-0.15, -0.1) is 0 Å². The number of benzene rings is 2. The number of methoxy groups -OCH3 is 1. The second-order valence-corrected chi connectivity index (χ2v) is 7.59. The van der Waals surface area contributed by atoms with E-state index in [4.69, 9.17) is 13.9 Å². The van der Waals surface area contributed by atoms with Gasteiger partial charge in [-0.1, -0.05) is 12.1 Å². The van der Waals surface area contributed by atoms with Crippen LogP contribution in [-0.2, 0) is 4.79 Å². The van der Waals surface area contributed by atoms with E-state index in [0.29, 0.717) is 22.3 Å². The average molecular weight is 407 g/mol. The first-order valence-electron chi connectivity index (χ1n) is 10.2. The monoisotopic (exact) mass is 407 g/mol.